The van der Waals surface area contributed by atoms with Crippen LogP contribution in [-0.2, 0) is 11.2 Å². The second kappa shape index (κ2) is 7.72. The lowest BCUT2D eigenvalue weighted by molar-refractivity contribution is -0.131. The van der Waals surface area contributed by atoms with Gasteiger partial charge in [-0.1, -0.05) is 26.0 Å². The van der Waals surface area contributed by atoms with E-state index in [1.165, 1.54) is 6.07 Å². The number of ether oxygens (including phenoxy) is 1. The SMILES string of the molecule is COc1cccc(CC(=O)N2CCC[C@H]2c2nc(C(C)C)cc(=O)[nH]2)c1. The van der Waals surface area contributed by atoms with Gasteiger partial charge < -0.3 is 14.6 Å². The first-order valence-electron chi connectivity index (χ1n) is 9.01. The van der Waals surface area contributed by atoms with Crippen LogP contribution in [0, 0.1) is 0 Å². The highest BCUT2D eigenvalue weighted by molar-refractivity contribution is 5.79. The molecule has 6 heteroatoms. The molecule has 1 amide bonds. The van der Waals surface area contributed by atoms with Gasteiger partial charge in [0, 0.05) is 12.6 Å². The van der Waals surface area contributed by atoms with Gasteiger partial charge in [0.15, 0.2) is 0 Å². The van der Waals surface area contributed by atoms with Crippen molar-refractivity contribution in [3.8, 4) is 5.75 Å². The number of nitrogens with zero attached hydrogens (tertiary/aromatic N) is 2. The number of carbonyl (C=O) groups is 1. The van der Waals surface area contributed by atoms with E-state index in [-0.39, 0.29) is 23.4 Å². The number of benzene rings is 1. The molecule has 0 saturated carbocycles. The number of aromatic nitrogens is 2. The highest BCUT2D eigenvalue weighted by Crippen LogP contribution is 2.30. The van der Waals surface area contributed by atoms with Gasteiger partial charge in [-0.25, -0.2) is 4.98 Å². The summed E-state index contributed by atoms with van der Waals surface area (Å²) in [4.78, 5) is 34.1. The summed E-state index contributed by atoms with van der Waals surface area (Å²) in [7, 11) is 1.61. The third kappa shape index (κ3) is 3.95. The maximum Gasteiger partial charge on any atom is 0.251 e. The molecule has 0 radical (unpaired) electrons. The van der Waals surface area contributed by atoms with Crippen LogP contribution >= 0.6 is 0 Å². The normalized spacial score (nSPS) is 16.9. The number of carbonyl (C=O) groups excluding carboxylic acids is 1. The molecular formula is C20H25N3O3. The number of likely N-dealkylation sites (tertiary alicyclic amines) is 1. The predicted molar refractivity (Wildman–Crippen MR) is 99.3 cm³/mol. The molecule has 0 unspecified atom stereocenters. The number of aromatic amines is 1. The Bertz CT molecular complexity index is 844. The average molecular weight is 355 g/mol. The van der Waals surface area contributed by atoms with E-state index in [1.54, 1.807) is 7.11 Å². The molecule has 1 aliphatic rings. The fraction of sp³-hybridized carbons (Fsp3) is 0.450. The second-order valence-corrected chi connectivity index (χ2v) is 6.98. The maximum atomic E-state index is 12.9. The van der Waals surface area contributed by atoms with E-state index in [9.17, 15) is 9.59 Å². The van der Waals surface area contributed by atoms with Gasteiger partial charge in [-0.05, 0) is 36.5 Å². The molecule has 1 aromatic carbocycles. The van der Waals surface area contributed by atoms with Crippen LogP contribution in [0.4, 0.5) is 0 Å². The topological polar surface area (TPSA) is 75.3 Å². The molecule has 138 valence electrons. The smallest absolute Gasteiger partial charge is 0.251 e. The van der Waals surface area contributed by atoms with E-state index >= 15 is 0 Å². The molecule has 1 fully saturated rings. The summed E-state index contributed by atoms with van der Waals surface area (Å²) in [5, 5.41) is 0. The van der Waals surface area contributed by atoms with Crippen LogP contribution in [0.5, 0.6) is 5.75 Å². The summed E-state index contributed by atoms with van der Waals surface area (Å²) in [6.07, 6.45) is 2.03. The van der Waals surface area contributed by atoms with Crippen LogP contribution in [0.2, 0.25) is 0 Å². The highest BCUT2D eigenvalue weighted by atomic mass is 16.5. The lowest BCUT2D eigenvalue weighted by atomic mass is 10.1. The Morgan fingerprint density at radius 2 is 2.19 bits per heavy atom. The number of nitrogens with one attached hydrogen (secondary N) is 1. The Balaban J connectivity index is 1.81. The largest absolute Gasteiger partial charge is 0.497 e. The van der Waals surface area contributed by atoms with Crippen LogP contribution in [-0.4, -0.2) is 34.4 Å². The molecule has 1 aliphatic heterocycles. The van der Waals surface area contributed by atoms with E-state index in [1.807, 2.05) is 43.0 Å². The van der Waals surface area contributed by atoms with Crippen LogP contribution in [0.15, 0.2) is 35.1 Å². The zero-order chi connectivity index (χ0) is 18.7. The Hall–Kier alpha value is -2.63. The minimum atomic E-state index is -0.167. The molecule has 1 N–H and O–H groups in total. The fourth-order valence-electron chi connectivity index (χ4n) is 3.36. The number of hydrogen-bond donors (Lipinski definition) is 1. The molecule has 2 heterocycles. The van der Waals surface area contributed by atoms with Gasteiger partial charge in [0.25, 0.3) is 5.56 Å². The molecular weight excluding hydrogens is 330 g/mol. The van der Waals surface area contributed by atoms with Crippen molar-refractivity contribution in [2.45, 2.75) is 45.1 Å². The van der Waals surface area contributed by atoms with Crippen molar-refractivity contribution < 1.29 is 9.53 Å². The van der Waals surface area contributed by atoms with Crippen molar-refractivity contribution in [2.75, 3.05) is 13.7 Å². The number of rotatable bonds is 5. The highest BCUT2D eigenvalue weighted by Gasteiger charge is 2.32. The van der Waals surface area contributed by atoms with Gasteiger partial charge in [-0.2, -0.15) is 0 Å². The molecule has 6 nitrogen and oxygen atoms in total. The zero-order valence-corrected chi connectivity index (χ0v) is 15.5. The monoisotopic (exact) mass is 355 g/mol. The summed E-state index contributed by atoms with van der Waals surface area (Å²) >= 11 is 0. The lowest BCUT2D eigenvalue weighted by Gasteiger charge is -2.24. The van der Waals surface area contributed by atoms with Gasteiger partial charge in [0.05, 0.1) is 25.3 Å². The van der Waals surface area contributed by atoms with Gasteiger partial charge in [0.1, 0.15) is 11.6 Å². The van der Waals surface area contributed by atoms with Crippen molar-refractivity contribution in [3.63, 3.8) is 0 Å². The van der Waals surface area contributed by atoms with Gasteiger partial charge in [-0.3, -0.25) is 9.59 Å². The molecule has 3 rings (SSSR count). The Labute approximate surface area is 153 Å². The minimum absolute atomic E-state index is 0.0401. The molecule has 26 heavy (non-hydrogen) atoms. The first-order chi connectivity index (χ1) is 12.5. The Kier molecular flexibility index (Phi) is 5.40. The summed E-state index contributed by atoms with van der Waals surface area (Å²) in [5.74, 6) is 1.54. The number of hydrogen-bond acceptors (Lipinski definition) is 4. The Morgan fingerprint density at radius 3 is 2.92 bits per heavy atom. The molecule has 2 aromatic rings. The van der Waals surface area contributed by atoms with E-state index in [4.69, 9.17) is 4.74 Å². The van der Waals surface area contributed by atoms with Gasteiger partial charge in [-0.15, -0.1) is 0 Å². The van der Waals surface area contributed by atoms with Crippen molar-refractivity contribution in [1.82, 2.24) is 14.9 Å². The van der Waals surface area contributed by atoms with Crippen molar-refractivity contribution in [3.05, 3.63) is 57.8 Å². The van der Waals surface area contributed by atoms with Crippen molar-refractivity contribution >= 4 is 5.91 Å². The molecule has 0 bridgehead atoms. The summed E-state index contributed by atoms with van der Waals surface area (Å²) < 4.78 is 5.23. The predicted octanol–water partition coefficient (Wildman–Crippen LogP) is 2.81. The Morgan fingerprint density at radius 1 is 1.38 bits per heavy atom. The molecule has 0 spiro atoms. The first kappa shape index (κ1) is 18.2. The zero-order valence-electron chi connectivity index (χ0n) is 15.5. The summed E-state index contributed by atoms with van der Waals surface area (Å²) in [5.41, 5.74) is 1.51. The van der Waals surface area contributed by atoms with E-state index in [2.05, 4.69) is 9.97 Å². The van der Waals surface area contributed by atoms with Crippen molar-refractivity contribution in [1.29, 1.82) is 0 Å². The van der Waals surface area contributed by atoms with Crippen molar-refractivity contribution in [2.24, 2.45) is 0 Å². The third-order valence-electron chi connectivity index (χ3n) is 4.75. The standard InChI is InChI=1S/C20H25N3O3/c1-13(2)16-12-18(24)22-20(21-16)17-8-5-9-23(17)19(25)11-14-6-4-7-15(10-14)26-3/h4,6-7,10,12-13,17H,5,8-9,11H2,1-3H3,(H,21,22,24)/t17-/m0/s1. The van der Waals surface area contributed by atoms with Crippen LogP contribution in [0.25, 0.3) is 0 Å². The first-order valence-corrected chi connectivity index (χ1v) is 9.01. The maximum absolute atomic E-state index is 12.9. The second-order valence-electron chi connectivity index (χ2n) is 6.98. The number of H-pyrrole nitrogens is 1. The van der Waals surface area contributed by atoms with Crippen LogP contribution < -0.4 is 10.3 Å². The lowest BCUT2D eigenvalue weighted by Crippen LogP contribution is -2.33. The quantitative estimate of drug-likeness (QED) is 0.895. The van der Waals surface area contributed by atoms with Gasteiger partial charge >= 0.3 is 0 Å². The molecule has 1 aromatic heterocycles. The number of methoxy groups -OCH3 is 1. The minimum Gasteiger partial charge on any atom is -0.497 e. The van der Waals surface area contributed by atoms with E-state index < -0.39 is 0 Å². The number of amides is 1. The fourth-order valence-corrected chi connectivity index (χ4v) is 3.36. The van der Waals surface area contributed by atoms with Crippen LogP contribution in [0.1, 0.15) is 55.7 Å². The molecule has 1 atom stereocenters. The molecule has 0 aliphatic carbocycles. The van der Waals surface area contributed by atoms with Crippen LogP contribution in [0.3, 0.4) is 0 Å². The van der Waals surface area contributed by atoms with E-state index in [0.29, 0.717) is 18.8 Å². The van der Waals surface area contributed by atoms with Gasteiger partial charge in [0.2, 0.25) is 5.91 Å². The summed E-state index contributed by atoms with van der Waals surface area (Å²) in [6, 6.07) is 8.91. The third-order valence-corrected chi connectivity index (χ3v) is 4.75. The van der Waals surface area contributed by atoms with E-state index in [0.717, 1.165) is 29.8 Å². The average Bonchev–Trinajstić information content (AvgIpc) is 3.11. The molecule has 1 saturated heterocycles. The summed E-state index contributed by atoms with van der Waals surface area (Å²) in [6.45, 7) is 4.70.